The van der Waals surface area contributed by atoms with Gasteiger partial charge in [-0.2, -0.15) is 15.5 Å². The molecule has 2 aliphatic heterocycles. The minimum atomic E-state index is -0.375. The number of likely N-dealkylation sites (tertiary alicyclic amines) is 2. The Bertz CT molecular complexity index is 1550. The quantitative estimate of drug-likeness (QED) is 0.103. The van der Waals surface area contributed by atoms with Gasteiger partial charge in [-0.25, -0.2) is 20.6 Å². The van der Waals surface area contributed by atoms with Crippen molar-refractivity contribution in [1.29, 1.82) is 10.8 Å². The van der Waals surface area contributed by atoms with E-state index in [1.54, 1.807) is 4.90 Å². The van der Waals surface area contributed by atoms with Gasteiger partial charge in [-0.1, -0.05) is 12.1 Å². The van der Waals surface area contributed by atoms with E-state index in [-0.39, 0.29) is 23.8 Å². The van der Waals surface area contributed by atoms with Gasteiger partial charge in [0.2, 0.25) is 5.91 Å². The number of nitrogens with zero attached hydrogens (tertiary/aromatic N) is 8. The number of hydrogen-bond acceptors (Lipinski definition) is 11. The first kappa shape index (κ1) is 28.7. The molecule has 0 atom stereocenters. The lowest BCUT2D eigenvalue weighted by Gasteiger charge is -2.31. The van der Waals surface area contributed by atoms with Crippen molar-refractivity contribution in [3.05, 3.63) is 52.2 Å². The van der Waals surface area contributed by atoms with Gasteiger partial charge in [-0.15, -0.1) is 5.11 Å². The number of anilines is 2. The van der Waals surface area contributed by atoms with E-state index < -0.39 is 0 Å². The maximum Gasteiger partial charge on any atom is 0.277 e. The normalized spacial score (nSPS) is 17.2. The number of nitriles is 1. The molecule has 2 fully saturated rings. The third kappa shape index (κ3) is 6.74. The van der Waals surface area contributed by atoms with Gasteiger partial charge in [0.25, 0.3) is 5.56 Å². The fourth-order valence-corrected chi connectivity index (χ4v) is 5.68. The van der Waals surface area contributed by atoms with Crippen LogP contribution in [0.25, 0.3) is 10.9 Å². The van der Waals surface area contributed by atoms with Gasteiger partial charge in [-0.3, -0.25) is 14.5 Å². The number of carbonyl (C=O) groups is 1. The highest BCUT2D eigenvalue weighted by atomic mass is 16.2. The fraction of sp³-hybridized carbons (Fsp3) is 0.464. The number of nitrogens with one attached hydrogen (secondary N) is 3. The molecule has 3 aromatic rings. The number of piperidine rings is 2. The van der Waals surface area contributed by atoms with Crippen molar-refractivity contribution >= 4 is 34.2 Å². The molecule has 0 radical (unpaired) electrons. The molecule has 2 aliphatic rings. The number of benzene rings is 1. The van der Waals surface area contributed by atoms with E-state index >= 15 is 0 Å². The number of fused-ring (bicyclic) bond motifs is 1. The summed E-state index contributed by atoms with van der Waals surface area (Å²) in [5, 5.41) is 25.9. The second-order valence-electron chi connectivity index (χ2n) is 10.8. The first-order valence-corrected chi connectivity index (χ1v) is 14.1. The van der Waals surface area contributed by atoms with Crippen LogP contribution >= 0.6 is 0 Å². The van der Waals surface area contributed by atoms with Crippen molar-refractivity contribution in [2.24, 2.45) is 22.0 Å². The summed E-state index contributed by atoms with van der Waals surface area (Å²) in [5.41, 5.74) is 9.20. The van der Waals surface area contributed by atoms with Crippen LogP contribution in [0.15, 0.2) is 45.5 Å². The van der Waals surface area contributed by atoms with Crippen LogP contribution in [0.2, 0.25) is 0 Å². The van der Waals surface area contributed by atoms with Gasteiger partial charge in [-0.05, 0) is 62.4 Å². The summed E-state index contributed by atoms with van der Waals surface area (Å²) in [6.45, 7) is 3.81. The highest BCUT2D eigenvalue weighted by molar-refractivity contribution is 5.89. The van der Waals surface area contributed by atoms with Crippen molar-refractivity contribution in [2.45, 2.75) is 51.0 Å². The van der Waals surface area contributed by atoms with Gasteiger partial charge in [0.15, 0.2) is 5.84 Å². The Morgan fingerprint density at radius 3 is 2.55 bits per heavy atom. The summed E-state index contributed by atoms with van der Waals surface area (Å²) in [5.74, 6) is 7.01. The minimum absolute atomic E-state index is 0.0161. The van der Waals surface area contributed by atoms with Gasteiger partial charge in [0.05, 0.1) is 12.3 Å². The van der Waals surface area contributed by atoms with Crippen LogP contribution < -0.4 is 16.7 Å². The molecule has 0 spiro atoms. The van der Waals surface area contributed by atoms with Crippen molar-refractivity contribution in [3.8, 4) is 6.07 Å². The summed E-state index contributed by atoms with van der Waals surface area (Å²) in [7, 11) is 0. The predicted octanol–water partition coefficient (Wildman–Crippen LogP) is 2.98. The molecule has 1 amide bonds. The summed E-state index contributed by atoms with van der Waals surface area (Å²) < 4.78 is 0. The maximum absolute atomic E-state index is 12.7. The van der Waals surface area contributed by atoms with E-state index in [9.17, 15) is 9.59 Å². The molecule has 4 heterocycles. The van der Waals surface area contributed by atoms with Crippen LogP contribution in [0.4, 0.5) is 11.5 Å². The summed E-state index contributed by atoms with van der Waals surface area (Å²) >= 11 is 0. The molecule has 0 aliphatic carbocycles. The lowest BCUT2D eigenvalue weighted by molar-refractivity contribution is -0.131. The molecule has 5 rings (SSSR count). The Labute approximate surface area is 242 Å². The lowest BCUT2D eigenvalue weighted by atomic mass is 9.93. The zero-order valence-electron chi connectivity index (χ0n) is 23.3. The topological polar surface area (TPSA) is 205 Å². The number of amidine groups is 1. The average Bonchev–Trinajstić information content (AvgIpc) is 3.01. The van der Waals surface area contributed by atoms with E-state index in [2.05, 4.69) is 47.7 Å². The SMILES string of the molecule is N#CCC(=O)N1CCC(c2nc(Nc3ccc(CN4CCC(CC(N=N)=NN)CC4)cc3)c3c(=O)[nH]ncc3n2)CC1. The number of hydrazone groups is 1. The number of hydrogen-bond donors (Lipinski definition) is 4. The minimum Gasteiger partial charge on any atom is -0.342 e. The zero-order valence-corrected chi connectivity index (χ0v) is 23.3. The highest BCUT2D eigenvalue weighted by Crippen LogP contribution is 2.30. The van der Waals surface area contributed by atoms with Crippen LogP contribution in [0.5, 0.6) is 0 Å². The molecule has 42 heavy (non-hydrogen) atoms. The Kier molecular flexibility index (Phi) is 9.08. The Hall–Kier alpha value is -4.77. The molecule has 0 bridgehead atoms. The largest absolute Gasteiger partial charge is 0.342 e. The van der Waals surface area contributed by atoms with Crippen molar-refractivity contribution in [2.75, 3.05) is 31.5 Å². The van der Waals surface area contributed by atoms with Crippen LogP contribution in [0, 0.1) is 22.8 Å². The Balaban J connectivity index is 1.25. The van der Waals surface area contributed by atoms with E-state index in [0.29, 0.717) is 66.7 Å². The second kappa shape index (κ2) is 13.3. The molecular formula is C28H34N12O2. The molecule has 2 saturated heterocycles. The fourth-order valence-electron chi connectivity index (χ4n) is 5.68. The molecule has 1 aromatic carbocycles. The Morgan fingerprint density at radius 2 is 1.88 bits per heavy atom. The molecule has 0 saturated carbocycles. The van der Waals surface area contributed by atoms with E-state index in [0.717, 1.165) is 38.2 Å². The van der Waals surface area contributed by atoms with Crippen molar-refractivity contribution < 1.29 is 4.79 Å². The first-order chi connectivity index (χ1) is 20.5. The Morgan fingerprint density at radius 1 is 1.14 bits per heavy atom. The third-order valence-corrected chi connectivity index (χ3v) is 8.06. The van der Waals surface area contributed by atoms with Gasteiger partial charge in [0.1, 0.15) is 29.0 Å². The van der Waals surface area contributed by atoms with E-state index in [1.165, 1.54) is 11.8 Å². The molecule has 14 heteroatoms. The number of rotatable bonds is 8. The number of aromatic nitrogens is 4. The van der Waals surface area contributed by atoms with E-state index in [4.69, 9.17) is 21.6 Å². The third-order valence-electron chi connectivity index (χ3n) is 8.06. The van der Waals surface area contributed by atoms with Crippen molar-refractivity contribution in [1.82, 2.24) is 30.0 Å². The van der Waals surface area contributed by atoms with Crippen LogP contribution in [-0.2, 0) is 11.3 Å². The summed E-state index contributed by atoms with van der Waals surface area (Å²) in [6.07, 6.45) is 5.42. The van der Waals surface area contributed by atoms with Crippen LogP contribution in [0.1, 0.15) is 55.8 Å². The monoisotopic (exact) mass is 570 g/mol. The maximum atomic E-state index is 12.7. The molecular weight excluding hydrogens is 536 g/mol. The number of amides is 1. The second-order valence-corrected chi connectivity index (χ2v) is 10.8. The first-order valence-electron chi connectivity index (χ1n) is 14.1. The molecule has 2 aromatic heterocycles. The van der Waals surface area contributed by atoms with Crippen LogP contribution in [-0.4, -0.2) is 67.9 Å². The molecule has 0 unspecified atom stereocenters. The number of aromatic amines is 1. The highest BCUT2D eigenvalue weighted by Gasteiger charge is 2.27. The van der Waals surface area contributed by atoms with Crippen LogP contribution in [0.3, 0.4) is 0 Å². The lowest BCUT2D eigenvalue weighted by Crippen LogP contribution is -2.38. The summed E-state index contributed by atoms with van der Waals surface area (Å²) in [6, 6.07) is 10.0. The van der Waals surface area contributed by atoms with E-state index in [1.807, 2.05) is 18.2 Å². The standard InChI is InChI=1S/C28H34N12O2/c29-10-5-24(41)40-13-8-20(9-14-40)26-34-22-16-32-38-28(42)25(22)27(35-26)33-21-3-1-19(2-4-21)17-39-11-6-18(7-12-39)15-23(36-30)37-31/h1-4,16,18,20,30H,5-9,11-15,17,31H2,(H,38,42)(H,33,34,35). The summed E-state index contributed by atoms with van der Waals surface area (Å²) in [4.78, 5) is 38.4. The predicted molar refractivity (Wildman–Crippen MR) is 156 cm³/mol. The number of carbonyl (C=O) groups excluding carboxylic acids is 1. The number of nitrogens with two attached hydrogens (primary N) is 1. The smallest absolute Gasteiger partial charge is 0.277 e. The zero-order chi connectivity index (χ0) is 29.5. The number of H-pyrrole nitrogens is 1. The van der Waals surface area contributed by atoms with Gasteiger partial charge < -0.3 is 16.1 Å². The molecule has 218 valence electrons. The van der Waals surface area contributed by atoms with Gasteiger partial charge >= 0.3 is 0 Å². The average molecular weight is 571 g/mol. The molecule has 14 nitrogen and oxygen atoms in total. The van der Waals surface area contributed by atoms with Gasteiger partial charge in [0, 0.05) is 37.7 Å². The molecule has 5 N–H and O–H groups in total. The van der Waals surface area contributed by atoms with Crippen molar-refractivity contribution in [3.63, 3.8) is 0 Å².